The molecule has 2 heterocycles. The van der Waals surface area contributed by atoms with Gasteiger partial charge in [-0.3, -0.25) is 9.69 Å². The summed E-state index contributed by atoms with van der Waals surface area (Å²) in [5.41, 5.74) is 6.57. The first-order chi connectivity index (χ1) is 9.22. The number of amides is 1. The molecule has 1 saturated heterocycles. The minimum absolute atomic E-state index is 0.184. The molecule has 2 rings (SSSR count). The quantitative estimate of drug-likeness (QED) is 0.863. The number of carbonyl (C=O) groups is 1. The van der Waals surface area contributed by atoms with E-state index in [4.69, 9.17) is 5.73 Å². The number of carbonyl (C=O) groups excluding carboxylic acids is 1. The van der Waals surface area contributed by atoms with Crippen LogP contribution in [0.2, 0.25) is 0 Å². The van der Waals surface area contributed by atoms with Gasteiger partial charge in [0.2, 0.25) is 5.91 Å². The average Bonchev–Trinajstić information content (AvgIpc) is 2.87. The zero-order valence-electron chi connectivity index (χ0n) is 11.5. The molecular weight excluding hydrogens is 260 g/mol. The highest BCUT2D eigenvalue weighted by molar-refractivity contribution is 7.09. The van der Waals surface area contributed by atoms with Gasteiger partial charge in [0.1, 0.15) is 0 Å². The van der Waals surface area contributed by atoms with Gasteiger partial charge in [0.15, 0.2) is 0 Å². The summed E-state index contributed by atoms with van der Waals surface area (Å²) in [6.45, 7) is 6.94. The van der Waals surface area contributed by atoms with Crippen molar-refractivity contribution in [3.63, 3.8) is 0 Å². The van der Waals surface area contributed by atoms with Gasteiger partial charge >= 0.3 is 0 Å². The van der Waals surface area contributed by atoms with E-state index >= 15 is 0 Å². The van der Waals surface area contributed by atoms with Crippen LogP contribution in [-0.2, 0) is 17.8 Å². The lowest BCUT2D eigenvalue weighted by Gasteiger charge is -2.34. The van der Waals surface area contributed by atoms with Crippen LogP contribution in [0, 0.1) is 0 Å². The monoisotopic (exact) mass is 282 g/mol. The lowest BCUT2D eigenvalue weighted by Crippen LogP contribution is -2.48. The van der Waals surface area contributed by atoms with Gasteiger partial charge in [-0.1, -0.05) is 6.92 Å². The van der Waals surface area contributed by atoms with Crippen LogP contribution in [0.15, 0.2) is 5.38 Å². The van der Waals surface area contributed by atoms with E-state index in [0.717, 1.165) is 44.8 Å². The minimum Gasteiger partial charge on any atom is -0.340 e. The predicted octanol–water partition coefficient (Wildman–Crippen LogP) is 0.698. The Kier molecular flexibility index (Phi) is 5.30. The van der Waals surface area contributed by atoms with Crippen molar-refractivity contribution < 1.29 is 4.79 Å². The molecule has 5 nitrogen and oxygen atoms in total. The average molecular weight is 282 g/mol. The number of nitrogens with two attached hydrogens (primary N) is 1. The van der Waals surface area contributed by atoms with E-state index in [-0.39, 0.29) is 5.91 Å². The third-order valence-electron chi connectivity index (χ3n) is 3.37. The summed E-state index contributed by atoms with van der Waals surface area (Å²) in [4.78, 5) is 20.6. The summed E-state index contributed by atoms with van der Waals surface area (Å²) >= 11 is 1.73. The number of hydrogen-bond acceptors (Lipinski definition) is 5. The second-order valence-corrected chi connectivity index (χ2v) is 5.72. The molecule has 1 aliphatic rings. The van der Waals surface area contributed by atoms with Gasteiger partial charge < -0.3 is 10.6 Å². The molecule has 1 aromatic heterocycles. The first kappa shape index (κ1) is 14.4. The summed E-state index contributed by atoms with van der Waals surface area (Å²) in [5, 5.41) is 3.34. The Morgan fingerprint density at radius 1 is 1.42 bits per heavy atom. The first-order valence-electron chi connectivity index (χ1n) is 6.86. The molecule has 0 bridgehead atoms. The van der Waals surface area contributed by atoms with Crippen molar-refractivity contribution >= 4 is 17.2 Å². The van der Waals surface area contributed by atoms with E-state index in [0.29, 0.717) is 13.0 Å². The Hall–Kier alpha value is -0.980. The molecule has 0 unspecified atom stereocenters. The summed E-state index contributed by atoms with van der Waals surface area (Å²) in [6.07, 6.45) is 1.47. The van der Waals surface area contributed by atoms with E-state index in [1.165, 1.54) is 5.01 Å². The largest absolute Gasteiger partial charge is 0.340 e. The van der Waals surface area contributed by atoms with Crippen LogP contribution >= 0.6 is 11.3 Å². The Labute approximate surface area is 118 Å². The molecule has 0 aromatic carbocycles. The highest BCUT2D eigenvalue weighted by Gasteiger charge is 2.20. The number of piperazine rings is 1. The lowest BCUT2D eigenvalue weighted by atomic mass is 10.2. The maximum absolute atomic E-state index is 11.7. The fraction of sp³-hybridized carbons (Fsp3) is 0.692. The molecule has 1 amide bonds. The van der Waals surface area contributed by atoms with Gasteiger partial charge in [0, 0.05) is 51.1 Å². The Bertz CT molecular complexity index is 413. The fourth-order valence-electron chi connectivity index (χ4n) is 2.25. The third kappa shape index (κ3) is 3.99. The van der Waals surface area contributed by atoms with Crippen molar-refractivity contribution in [1.82, 2.24) is 14.8 Å². The Morgan fingerprint density at radius 2 is 2.16 bits per heavy atom. The molecule has 19 heavy (non-hydrogen) atoms. The van der Waals surface area contributed by atoms with Crippen LogP contribution in [0.3, 0.4) is 0 Å². The summed E-state index contributed by atoms with van der Waals surface area (Å²) in [7, 11) is 0. The smallest absolute Gasteiger partial charge is 0.223 e. The van der Waals surface area contributed by atoms with Gasteiger partial charge in [-0.2, -0.15) is 0 Å². The van der Waals surface area contributed by atoms with Crippen molar-refractivity contribution in [3.05, 3.63) is 16.1 Å². The summed E-state index contributed by atoms with van der Waals surface area (Å²) in [5.74, 6) is 0.184. The normalized spacial score (nSPS) is 16.8. The molecule has 1 aliphatic heterocycles. The second-order valence-electron chi connectivity index (χ2n) is 4.78. The van der Waals surface area contributed by atoms with Crippen LogP contribution in [-0.4, -0.2) is 53.4 Å². The molecule has 0 atom stereocenters. The van der Waals surface area contributed by atoms with Crippen molar-refractivity contribution in [2.24, 2.45) is 5.73 Å². The number of nitrogens with zero attached hydrogens (tertiary/aromatic N) is 3. The molecule has 0 spiro atoms. The molecule has 106 valence electrons. The van der Waals surface area contributed by atoms with Crippen molar-refractivity contribution in [3.8, 4) is 0 Å². The van der Waals surface area contributed by atoms with Gasteiger partial charge in [-0.05, 0) is 6.42 Å². The maximum Gasteiger partial charge on any atom is 0.223 e. The first-order valence-corrected chi connectivity index (χ1v) is 7.74. The highest BCUT2D eigenvalue weighted by atomic mass is 32.1. The van der Waals surface area contributed by atoms with Crippen molar-refractivity contribution in [1.29, 1.82) is 0 Å². The van der Waals surface area contributed by atoms with Crippen LogP contribution in [0.1, 0.15) is 24.0 Å². The standard InChI is InChI=1S/C13H22N4OS/c1-2-12-15-11(10-19-12)9-16-5-7-17(8-6-16)13(18)3-4-14/h10H,2-9,14H2,1H3. The van der Waals surface area contributed by atoms with Gasteiger partial charge in [-0.15, -0.1) is 11.3 Å². The van der Waals surface area contributed by atoms with Crippen LogP contribution in [0.5, 0.6) is 0 Å². The van der Waals surface area contributed by atoms with E-state index in [9.17, 15) is 4.79 Å². The Morgan fingerprint density at radius 3 is 2.74 bits per heavy atom. The van der Waals surface area contributed by atoms with E-state index in [1.807, 2.05) is 4.90 Å². The molecule has 0 aliphatic carbocycles. The SMILES string of the molecule is CCc1nc(CN2CCN(C(=O)CCN)CC2)cs1. The van der Waals surface area contributed by atoms with E-state index in [1.54, 1.807) is 11.3 Å². The van der Waals surface area contributed by atoms with Crippen molar-refractivity contribution in [2.75, 3.05) is 32.7 Å². The summed E-state index contributed by atoms with van der Waals surface area (Å²) in [6, 6.07) is 0. The van der Waals surface area contributed by atoms with Gasteiger partial charge in [0.05, 0.1) is 10.7 Å². The molecule has 6 heteroatoms. The zero-order valence-corrected chi connectivity index (χ0v) is 12.3. The third-order valence-corrected chi connectivity index (χ3v) is 4.41. The van der Waals surface area contributed by atoms with Crippen LogP contribution in [0.25, 0.3) is 0 Å². The second kappa shape index (κ2) is 6.98. The molecule has 0 radical (unpaired) electrons. The van der Waals surface area contributed by atoms with Gasteiger partial charge in [-0.25, -0.2) is 4.98 Å². The van der Waals surface area contributed by atoms with E-state index in [2.05, 4.69) is 22.2 Å². The molecule has 1 aromatic rings. The van der Waals surface area contributed by atoms with Crippen molar-refractivity contribution in [2.45, 2.75) is 26.3 Å². The Balaban J connectivity index is 1.78. The molecular formula is C13H22N4OS. The van der Waals surface area contributed by atoms with Crippen LogP contribution in [0.4, 0.5) is 0 Å². The number of thiazole rings is 1. The predicted molar refractivity (Wildman–Crippen MR) is 77.0 cm³/mol. The van der Waals surface area contributed by atoms with E-state index < -0.39 is 0 Å². The lowest BCUT2D eigenvalue weighted by molar-refractivity contribution is -0.132. The molecule has 2 N–H and O–H groups in total. The number of aryl methyl sites for hydroxylation is 1. The molecule has 1 fully saturated rings. The highest BCUT2D eigenvalue weighted by Crippen LogP contribution is 2.13. The number of aromatic nitrogens is 1. The molecule has 0 saturated carbocycles. The summed E-state index contributed by atoms with van der Waals surface area (Å²) < 4.78 is 0. The topological polar surface area (TPSA) is 62.5 Å². The van der Waals surface area contributed by atoms with Crippen LogP contribution < -0.4 is 5.73 Å². The van der Waals surface area contributed by atoms with Gasteiger partial charge in [0.25, 0.3) is 0 Å². The maximum atomic E-state index is 11.7. The zero-order chi connectivity index (χ0) is 13.7. The number of rotatable bonds is 5. The number of hydrogen-bond donors (Lipinski definition) is 1. The fourth-order valence-corrected chi connectivity index (χ4v) is 2.99. The minimum atomic E-state index is 0.184.